The van der Waals surface area contributed by atoms with Crippen molar-refractivity contribution >= 4 is 23.8 Å². The van der Waals surface area contributed by atoms with Gasteiger partial charge in [-0.2, -0.15) is 5.10 Å². The van der Waals surface area contributed by atoms with Gasteiger partial charge in [-0.25, -0.2) is 8.78 Å². The van der Waals surface area contributed by atoms with Crippen molar-refractivity contribution in [3.8, 4) is 0 Å². The van der Waals surface area contributed by atoms with Crippen LogP contribution in [0.15, 0.2) is 30.6 Å². The van der Waals surface area contributed by atoms with Gasteiger partial charge in [-0.15, -0.1) is 12.4 Å². The summed E-state index contributed by atoms with van der Waals surface area (Å²) in [5.74, 6) is -1.07. The van der Waals surface area contributed by atoms with Crippen molar-refractivity contribution in [3.63, 3.8) is 0 Å². The van der Waals surface area contributed by atoms with Gasteiger partial charge in [0.15, 0.2) is 0 Å². The van der Waals surface area contributed by atoms with Gasteiger partial charge in [-0.1, -0.05) is 0 Å². The summed E-state index contributed by atoms with van der Waals surface area (Å²) in [5, 5.41) is 7.33. The van der Waals surface area contributed by atoms with Crippen molar-refractivity contribution in [1.29, 1.82) is 0 Å². The highest BCUT2D eigenvalue weighted by Gasteiger charge is 2.26. The highest BCUT2D eigenvalue weighted by Crippen LogP contribution is 2.28. The van der Waals surface area contributed by atoms with E-state index in [9.17, 15) is 8.78 Å². The SMILES string of the molecule is CNc1cnn(C[C@@H]2CCCN2c2cc(F)cc(F)c2)c1.Cl. The van der Waals surface area contributed by atoms with Gasteiger partial charge in [-0.05, 0) is 25.0 Å². The molecule has 1 atom stereocenters. The zero-order valence-corrected chi connectivity index (χ0v) is 13.1. The molecule has 1 aromatic carbocycles. The molecule has 7 heteroatoms. The van der Waals surface area contributed by atoms with E-state index < -0.39 is 11.6 Å². The fourth-order valence-corrected chi connectivity index (χ4v) is 2.88. The average Bonchev–Trinajstić information content (AvgIpc) is 3.07. The summed E-state index contributed by atoms with van der Waals surface area (Å²) in [4.78, 5) is 2.06. The van der Waals surface area contributed by atoms with Gasteiger partial charge in [-0.3, -0.25) is 4.68 Å². The second-order valence-electron chi connectivity index (χ2n) is 5.32. The average molecular weight is 329 g/mol. The van der Waals surface area contributed by atoms with E-state index in [1.165, 1.54) is 12.1 Å². The first kappa shape index (κ1) is 16.5. The Morgan fingerprint density at radius 2 is 2.00 bits per heavy atom. The standard InChI is InChI=1S/C15H18F2N4.ClH/c1-18-13-8-19-20(9-13)10-14-3-2-4-21(14)15-6-11(16)5-12(17)7-15;/h5-9,14,18H,2-4,10H2,1H3;1H/t14-;/m0./s1. The van der Waals surface area contributed by atoms with Gasteiger partial charge in [0.05, 0.1) is 18.4 Å². The van der Waals surface area contributed by atoms with Crippen LogP contribution in [-0.4, -0.2) is 29.4 Å². The Hall–Kier alpha value is -1.82. The van der Waals surface area contributed by atoms with Crippen LogP contribution in [0.5, 0.6) is 0 Å². The highest BCUT2D eigenvalue weighted by atomic mass is 35.5. The maximum absolute atomic E-state index is 13.4. The predicted octanol–water partition coefficient (Wildman–Crippen LogP) is 3.29. The topological polar surface area (TPSA) is 33.1 Å². The molecule has 0 radical (unpaired) electrons. The summed E-state index contributed by atoms with van der Waals surface area (Å²) in [6.07, 6.45) is 5.71. The number of anilines is 2. The smallest absolute Gasteiger partial charge is 0.128 e. The van der Waals surface area contributed by atoms with Crippen molar-refractivity contribution in [3.05, 3.63) is 42.2 Å². The number of hydrogen-bond donors (Lipinski definition) is 1. The maximum atomic E-state index is 13.4. The molecule has 0 aliphatic carbocycles. The Morgan fingerprint density at radius 1 is 1.27 bits per heavy atom. The molecule has 0 amide bonds. The summed E-state index contributed by atoms with van der Waals surface area (Å²) in [5.41, 5.74) is 1.56. The summed E-state index contributed by atoms with van der Waals surface area (Å²) in [6.45, 7) is 1.52. The fraction of sp³-hybridized carbons (Fsp3) is 0.400. The Labute approximate surface area is 134 Å². The van der Waals surface area contributed by atoms with Gasteiger partial charge in [0, 0.05) is 37.6 Å². The van der Waals surface area contributed by atoms with Crippen LogP contribution in [0.25, 0.3) is 0 Å². The number of benzene rings is 1. The van der Waals surface area contributed by atoms with Crippen molar-refractivity contribution < 1.29 is 8.78 Å². The minimum atomic E-state index is -0.535. The monoisotopic (exact) mass is 328 g/mol. The maximum Gasteiger partial charge on any atom is 0.128 e. The van der Waals surface area contributed by atoms with Crippen LogP contribution in [0, 0.1) is 11.6 Å². The van der Waals surface area contributed by atoms with Crippen LogP contribution in [0.1, 0.15) is 12.8 Å². The summed E-state index contributed by atoms with van der Waals surface area (Å²) in [6, 6.07) is 3.89. The molecule has 3 rings (SSSR count). The van der Waals surface area contributed by atoms with Crippen molar-refractivity contribution in [2.45, 2.75) is 25.4 Å². The number of nitrogens with zero attached hydrogens (tertiary/aromatic N) is 3. The number of rotatable bonds is 4. The van der Waals surface area contributed by atoms with Crippen molar-refractivity contribution in [1.82, 2.24) is 9.78 Å². The van der Waals surface area contributed by atoms with E-state index in [-0.39, 0.29) is 18.4 Å². The molecule has 1 aliphatic rings. The summed E-state index contributed by atoms with van der Waals surface area (Å²) in [7, 11) is 1.85. The minimum Gasteiger partial charge on any atom is -0.386 e. The molecular weight excluding hydrogens is 310 g/mol. The first-order valence-corrected chi connectivity index (χ1v) is 7.08. The van der Waals surface area contributed by atoms with E-state index in [1.54, 1.807) is 6.20 Å². The normalized spacial score (nSPS) is 17.4. The van der Waals surface area contributed by atoms with Crippen LogP contribution in [-0.2, 0) is 6.54 Å². The Morgan fingerprint density at radius 3 is 2.64 bits per heavy atom. The molecule has 0 saturated carbocycles. The van der Waals surface area contributed by atoms with Crippen LogP contribution in [0.2, 0.25) is 0 Å². The predicted molar refractivity (Wildman–Crippen MR) is 85.7 cm³/mol. The fourth-order valence-electron chi connectivity index (χ4n) is 2.88. The Balaban J connectivity index is 0.00000176. The van der Waals surface area contributed by atoms with Crippen molar-refractivity contribution in [2.24, 2.45) is 0 Å². The molecule has 0 bridgehead atoms. The molecular formula is C15H19ClF2N4. The molecule has 4 nitrogen and oxygen atoms in total. The quantitative estimate of drug-likeness (QED) is 0.935. The van der Waals surface area contributed by atoms with E-state index in [1.807, 2.05) is 17.9 Å². The number of hydrogen-bond acceptors (Lipinski definition) is 3. The molecule has 1 fully saturated rings. The highest BCUT2D eigenvalue weighted by molar-refractivity contribution is 5.85. The molecule has 1 N–H and O–H groups in total. The second-order valence-corrected chi connectivity index (χ2v) is 5.32. The number of nitrogens with one attached hydrogen (secondary N) is 1. The molecule has 22 heavy (non-hydrogen) atoms. The summed E-state index contributed by atoms with van der Waals surface area (Å²) >= 11 is 0. The number of halogens is 3. The van der Waals surface area contributed by atoms with Gasteiger partial charge in [0.2, 0.25) is 0 Å². The second kappa shape index (κ2) is 6.96. The van der Waals surface area contributed by atoms with E-state index >= 15 is 0 Å². The lowest BCUT2D eigenvalue weighted by atomic mass is 10.2. The molecule has 1 aromatic heterocycles. The largest absolute Gasteiger partial charge is 0.386 e. The Bertz CT molecular complexity index is 612. The summed E-state index contributed by atoms with van der Waals surface area (Å²) < 4.78 is 28.6. The third kappa shape index (κ3) is 3.50. The lowest BCUT2D eigenvalue weighted by Crippen LogP contribution is -2.33. The number of aromatic nitrogens is 2. The van der Waals surface area contributed by atoms with Gasteiger partial charge in [0.25, 0.3) is 0 Å². The Kier molecular flexibility index (Phi) is 5.24. The van der Waals surface area contributed by atoms with E-state index in [2.05, 4.69) is 15.3 Å². The van der Waals surface area contributed by atoms with Crippen LogP contribution in [0.3, 0.4) is 0 Å². The minimum absolute atomic E-state index is 0. The van der Waals surface area contributed by atoms with E-state index in [0.29, 0.717) is 12.2 Å². The van der Waals surface area contributed by atoms with Crippen LogP contribution in [0.4, 0.5) is 20.2 Å². The molecule has 120 valence electrons. The van der Waals surface area contributed by atoms with Gasteiger partial charge >= 0.3 is 0 Å². The van der Waals surface area contributed by atoms with Gasteiger partial charge < -0.3 is 10.2 Å². The van der Waals surface area contributed by atoms with E-state index in [0.717, 1.165) is 31.1 Å². The first-order valence-electron chi connectivity index (χ1n) is 7.08. The lowest BCUT2D eigenvalue weighted by Gasteiger charge is -2.27. The van der Waals surface area contributed by atoms with E-state index in [4.69, 9.17) is 0 Å². The third-order valence-electron chi connectivity index (χ3n) is 3.88. The van der Waals surface area contributed by atoms with Crippen LogP contribution >= 0.6 is 12.4 Å². The lowest BCUT2D eigenvalue weighted by molar-refractivity contribution is 0.507. The van der Waals surface area contributed by atoms with Gasteiger partial charge in [0.1, 0.15) is 11.6 Å². The first-order chi connectivity index (χ1) is 10.2. The molecule has 2 aromatic rings. The molecule has 1 aliphatic heterocycles. The zero-order valence-electron chi connectivity index (χ0n) is 12.3. The molecule has 0 unspecified atom stereocenters. The molecule has 1 saturated heterocycles. The molecule has 0 spiro atoms. The van der Waals surface area contributed by atoms with Crippen molar-refractivity contribution in [2.75, 3.05) is 23.8 Å². The molecule has 2 heterocycles. The van der Waals surface area contributed by atoms with Crippen LogP contribution < -0.4 is 10.2 Å². The third-order valence-corrected chi connectivity index (χ3v) is 3.88. The zero-order chi connectivity index (χ0) is 14.8.